The second-order valence-corrected chi connectivity index (χ2v) is 34.8. The number of ether oxygens (including phenoxy) is 2. The Labute approximate surface area is 717 Å². The van der Waals surface area contributed by atoms with E-state index in [0.29, 0.717) is 13.2 Å². The van der Waals surface area contributed by atoms with Crippen LogP contribution >= 0.6 is 0 Å². The smallest absolute Gasteiger partial charge is 0.119 e. The molecule has 0 fully saturated rings. The fourth-order valence-electron chi connectivity index (χ4n) is 20.4. The van der Waals surface area contributed by atoms with E-state index in [1.165, 1.54) is 134 Å². The van der Waals surface area contributed by atoms with Crippen molar-refractivity contribution in [2.45, 2.75) is 150 Å². The van der Waals surface area contributed by atoms with E-state index in [2.05, 4.69) is 363 Å². The third-order valence-electron chi connectivity index (χ3n) is 24.9. The van der Waals surface area contributed by atoms with Gasteiger partial charge in [-0.25, -0.2) is 19.9 Å². The number of aryl methyl sites for hydroxylation is 18. The van der Waals surface area contributed by atoms with Crippen LogP contribution in [0, 0.1) is 125 Å². The lowest BCUT2D eigenvalue weighted by Gasteiger charge is -2.14. The summed E-state index contributed by atoms with van der Waals surface area (Å²) in [6.45, 7) is 41.0. The quantitative estimate of drug-likeness (QED) is 0.0671. The van der Waals surface area contributed by atoms with Crippen LogP contribution in [0.1, 0.15) is 171 Å². The van der Waals surface area contributed by atoms with Crippen molar-refractivity contribution in [3.05, 3.63) is 316 Å². The molecule has 0 amide bonds. The molecular weight excluding hydrogens is 1490 g/mol. The maximum absolute atomic E-state index is 6.56. The maximum Gasteiger partial charge on any atom is 0.119 e. The van der Waals surface area contributed by atoms with E-state index in [9.17, 15) is 0 Å². The highest BCUT2D eigenvalue weighted by Gasteiger charge is 2.27. The fourth-order valence-corrected chi connectivity index (χ4v) is 20.4. The normalized spacial score (nSPS) is 12.2. The lowest BCUT2D eigenvalue weighted by Crippen LogP contribution is -2.00. The van der Waals surface area contributed by atoms with E-state index in [1.54, 1.807) is 0 Å². The van der Waals surface area contributed by atoms with Gasteiger partial charge in [0, 0.05) is 88.6 Å². The minimum absolute atomic E-state index is 0.599. The number of rotatable bonds is 17. The number of nitrogens with one attached hydrogen (secondary N) is 4. The summed E-state index contributed by atoms with van der Waals surface area (Å²) in [5, 5.41) is 0. The van der Waals surface area contributed by atoms with Crippen LogP contribution in [0.3, 0.4) is 0 Å². The molecular formula is C112H106N8O2. The van der Waals surface area contributed by atoms with Gasteiger partial charge in [-0.05, 0) is 383 Å². The standard InChI is InChI=1S/C112H106N8O2/c1-61-49-67(7)99(68(8)50-61)107-87-35-31-83(113-87)105(84-32-36-88(114-84)108(100-69(9)51-62(2)52-70(100)10)92-40-44-96(118-92)111(95-43-39-91(107)117-95)103-75(15)57-65(5)58-76(103)16)79-23-27-81(28-24-79)121-47-21-19-20-22-48-122-82-29-25-80(26-30-82)106-85-33-37-89(115-85)109(101-71(11)53-63(3)54-72(101)12)93-41-45-97(119-93)112(104-77(17)59-66(6)60-78(104)18)98-46-42-94(120-98)110(90-38-34-86(106)116-90)102-73(13)55-64(4)56-74(102)14/h23-46,49-60,113,115,118,120H,19-22,47-48H2,1-18H3. The molecule has 10 heteroatoms. The summed E-state index contributed by atoms with van der Waals surface area (Å²) < 4.78 is 13.1. The summed E-state index contributed by atoms with van der Waals surface area (Å²) in [6.07, 6.45) is 21.5. The molecule has 0 unspecified atom stereocenters. The van der Waals surface area contributed by atoms with Crippen molar-refractivity contribution < 1.29 is 9.47 Å². The molecule has 0 saturated heterocycles. The van der Waals surface area contributed by atoms with E-state index in [4.69, 9.17) is 29.4 Å². The van der Waals surface area contributed by atoms with Crippen LogP contribution in [0.15, 0.2) is 170 Å². The number of aromatic amines is 4. The number of hydrogen-bond acceptors (Lipinski definition) is 6. The summed E-state index contributed by atoms with van der Waals surface area (Å²) in [6, 6.07) is 62.5. The minimum atomic E-state index is 0.599. The Morgan fingerprint density at radius 2 is 0.352 bits per heavy atom. The average Bonchev–Trinajstić information content (AvgIpc) is 1.60. The zero-order valence-corrected chi connectivity index (χ0v) is 73.6. The van der Waals surface area contributed by atoms with Gasteiger partial charge in [0.2, 0.25) is 0 Å². The minimum Gasteiger partial charge on any atom is -0.494 e. The number of nitrogens with zero attached hydrogens (tertiary/aromatic N) is 4. The van der Waals surface area contributed by atoms with Gasteiger partial charge in [0.05, 0.1) is 58.8 Å². The van der Waals surface area contributed by atoms with E-state index in [0.717, 1.165) is 183 Å². The zero-order chi connectivity index (χ0) is 84.8. The average molecular weight is 1600 g/mol. The summed E-state index contributed by atoms with van der Waals surface area (Å²) in [7, 11) is 0. The van der Waals surface area contributed by atoms with Gasteiger partial charge in [-0.2, -0.15) is 0 Å². The number of aromatic nitrogens is 8. The Hall–Kier alpha value is -13.4. The molecule has 6 aromatic heterocycles. The molecule has 0 spiro atoms. The van der Waals surface area contributed by atoms with Crippen molar-refractivity contribution in [3.63, 3.8) is 0 Å². The molecule has 14 aromatic rings. The van der Waals surface area contributed by atoms with Crippen molar-refractivity contribution in [2.75, 3.05) is 13.2 Å². The molecule has 0 radical (unpaired) electrons. The van der Waals surface area contributed by atoms with Gasteiger partial charge in [0.15, 0.2) is 0 Å². The molecule has 122 heavy (non-hydrogen) atoms. The van der Waals surface area contributed by atoms with Crippen molar-refractivity contribution in [2.24, 2.45) is 0 Å². The van der Waals surface area contributed by atoms with Gasteiger partial charge < -0.3 is 29.4 Å². The summed E-state index contributed by atoms with van der Waals surface area (Å²) in [5.74, 6) is 1.65. The van der Waals surface area contributed by atoms with Crippen LogP contribution in [-0.4, -0.2) is 53.1 Å². The molecule has 8 aromatic carbocycles. The van der Waals surface area contributed by atoms with Crippen LogP contribution in [-0.2, 0) is 0 Å². The number of H-pyrrole nitrogens is 4. The number of unbranched alkanes of at least 4 members (excludes halogenated alkanes) is 3. The number of fused-ring (bicyclic) bond motifs is 16. The van der Waals surface area contributed by atoms with Crippen LogP contribution in [0.25, 0.3) is 182 Å². The number of hydrogen-bond donors (Lipinski definition) is 4. The lowest BCUT2D eigenvalue weighted by atomic mass is 9.92. The van der Waals surface area contributed by atoms with E-state index in [-0.39, 0.29) is 0 Å². The second kappa shape index (κ2) is 32.3. The van der Waals surface area contributed by atoms with Gasteiger partial charge in [-0.1, -0.05) is 130 Å². The summed E-state index contributed by atoms with van der Waals surface area (Å²) in [4.78, 5) is 38.9. The fraction of sp³-hybridized carbons (Fsp3) is 0.214. The van der Waals surface area contributed by atoms with Gasteiger partial charge in [-0.15, -0.1) is 0 Å². The van der Waals surface area contributed by atoms with Crippen LogP contribution in [0.5, 0.6) is 11.5 Å². The third kappa shape index (κ3) is 15.0. The van der Waals surface area contributed by atoms with E-state index < -0.39 is 0 Å². The Kier molecular flexibility index (Phi) is 21.1. The molecule has 0 saturated carbocycles. The molecule has 4 aliphatic rings. The molecule has 0 aliphatic carbocycles. The molecule has 606 valence electrons. The van der Waals surface area contributed by atoms with Gasteiger partial charge in [0.25, 0.3) is 0 Å². The summed E-state index contributed by atoms with van der Waals surface area (Å²) in [5.41, 5.74) is 54.1. The maximum atomic E-state index is 6.56. The van der Waals surface area contributed by atoms with E-state index in [1.807, 2.05) is 0 Å². The Balaban J connectivity index is 0.635. The Morgan fingerprint density at radius 3 is 0.533 bits per heavy atom. The molecule has 0 atom stereocenters. The van der Waals surface area contributed by atoms with Crippen LogP contribution in [0.2, 0.25) is 0 Å². The predicted molar refractivity (Wildman–Crippen MR) is 516 cm³/mol. The van der Waals surface area contributed by atoms with Crippen LogP contribution in [0.4, 0.5) is 0 Å². The summed E-state index contributed by atoms with van der Waals surface area (Å²) >= 11 is 0. The molecule has 4 aliphatic heterocycles. The Morgan fingerprint density at radius 1 is 0.189 bits per heavy atom. The zero-order valence-electron chi connectivity index (χ0n) is 73.6. The lowest BCUT2D eigenvalue weighted by molar-refractivity contribution is 0.287. The Bertz CT molecular complexity index is 6520. The predicted octanol–water partition coefficient (Wildman–Crippen LogP) is 29.5. The molecule has 10 heterocycles. The first-order chi connectivity index (χ1) is 58.8. The van der Waals surface area contributed by atoms with E-state index >= 15 is 0 Å². The van der Waals surface area contributed by atoms with Crippen molar-refractivity contribution >= 4 is 92.7 Å². The SMILES string of the molecule is Cc1cc(C)c(-c2c3nc(c(-c4c(C)cc(C)cc4C)c4ccc([nH]4)c(-c4c(C)cc(C)cc4C)c4nc(c(-c5ccc(OCCCCCCOc6ccc(-c7c8nc(c(-c9c(C)cc(C)cc9C)c9ccc([nH]9)c(-c9c(C)cc(C)cc9C)c9nc(c(-c%10c(C)cc(C)cc%10C)c%10ccc7[nH]%10)C=C9)C=C8)cc6)cc5)c5ccc2[nH]5)C=C4)C=C3)c(C)c1. The topological polar surface area (TPSA) is 133 Å². The first-order valence-corrected chi connectivity index (χ1v) is 43.1. The van der Waals surface area contributed by atoms with Crippen molar-refractivity contribution in [3.8, 4) is 101 Å². The third-order valence-corrected chi connectivity index (χ3v) is 24.9. The molecule has 18 rings (SSSR count). The largest absolute Gasteiger partial charge is 0.494 e. The highest BCUT2D eigenvalue weighted by Crippen LogP contribution is 2.47. The van der Waals surface area contributed by atoms with Gasteiger partial charge in [-0.3, -0.25) is 0 Å². The van der Waals surface area contributed by atoms with Gasteiger partial charge in [0.1, 0.15) is 11.5 Å². The molecule has 10 nitrogen and oxygen atoms in total. The highest BCUT2D eigenvalue weighted by molar-refractivity contribution is 6.05. The van der Waals surface area contributed by atoms with Crippen molar-refractivity contribution in [1.82, 2.24) is 39.9 Å². The highest BCUT2D eigenvalue weighted by atomic mass is 16.5. The van der Waals surface area contributed by atoms with Crippen molar-refractivity contribution in [1.29, 1.82) is 0 Å². The van der Waals surface area contributed by atoms with Gasteiger partial charge >= 0.3 is 0 Å². The molecule has 16 bridgehead atoms. The monoisotopic (exact) mass is 1590 g/mol. The first kappa shape index (κ1) is 79.7. The first-order valence-electron chi connectivity index (χ1n) is 43.1. The number of benzene rings is 8. The van der Waals surface area contributed by atoms with Crippen LogP contribution < -0.4 is 9.47 Å². The molecule has 4 N–H and O–H groups in total. The second-order valence-electron chi connectivity index (χ2n) is 34.8.